The molecule has 2 atom stereocenters. The van der Waals surface area contributed by atoms with Crippen LogP contribution in [0, 0.1) is 11.8 Å². The largest absolute Gasteiger partial charge is 0.481 e. The predicted octanol–water partition coefficient (Wildman–Crippen LogP) is 6.73. The monoisotopic (exact) mass is 334 g/mol. The molecule has 0 radical (unpaired) electrons. The molecular weight excluding hydrogens is 296 g/mol. The van der Waals surface area contributed by atoms with Gasteiger partial charge in [0, 0.05) is 6.42 Å². The van der Waals surface area contributed by atoms with Crippen LogP contribution in [0.25, 0.3) is 0 Å². The molecule has 1 saturated carbocycles. The van der Waals surface area contributed by atoms with Crippen LogP contribution in [0.15, 0.2) is 30.3 Å². The molecule has 2 heteroatoms. The molecule has 2 rings (SSSR count). The molecule has 0 aliphatic heterocycles. The van der Waals surface area contributed by atoms with E-state index in [0.717, 1.165) is 6.42 Å². The summed E-state index contributed by atoms with van der Waals surface area (Å²) in [5, 5.41) is 8.93. The molecule has 0 spiro atoms. The lowest BCUT2D eigenvalue weighted by Gasteiger charge is -2.17. The molecular formula is C22H38O2. The molecule has 0 amide bonds. The van der Waals surface area contributed by atoms with Crippen LogP contribution in [-0.4, -0.2) is 11.1 Å². The number of carbonyl (C=O) groups is 1. The minimum Gasteiger partial charge on any atom is -0.481 e. The van der Waals surface area contributed by atoms with E-state index < -0.39 is 5.97 Å². The number of aryl methyl sites for hydroxylation is 1. The van der Waals surface area contributed by atoms with Crippen molar-refractivity contribution in [1.29, 1.82) is 0 Å². The maximum Gasteiger partial charge on any atom is 0.303 e. The number of benzene rings is 1. The van der Waals surface area contributed by atoms with Crippen molar-refractivity contribution >= 4 is 5.97 Å². The third-order valence-corrected chi connectivity index (χ3v) is 4.64. The topological polar surface area (TPSA) is 37.3 Å². The van der Waals surface area contributed by atoms with Gasteiger partial charge >= 0.3 is 5.97 Å². The Bertz CT molecular complexity index is 400. The number of hydrogen-bond donors (Lipinski definition) is 1. The van der Waals surface area contributed by atoms with Gasteiger partial charge in [0.2, 0.25) is 0 Å². The van der Waals surface area contributed by atoms with Crippen molar-refractivity contribution in [3.63, 3.8) is 0 Å². The summed E-state index contributed by atoms with van der Waals surface area (Å²) in [6.07, 6.45) is 10.2. The second-order valence-electron chi connectivity index (χ2n) is 6.13. The van der Waals surface area contributed by atoms with E-state index in [1.807, 2.05) is 27.7 Å². The first-order valence-electron chi connectivity index (χ1n) is 10.0. The Morgan fingerprint density at radius 3 is 2.21 bits per heavy atom. The average Bonchev–Trinajstić information content (AvgIpc) is 3.05. The van der Waals surface area contributed by atoms with Gasteiger partial charge in [-0.25, -0.2) is 0 Å². The van der Waals surface area contributed by atoms with E-state index in [0.29, 0.717) is 18.3 Å². The molecule has 0 bridgehead atoms. The van der Waals surface area contributed by atoms with Gasteiger partial charge in [-0.05, 0) is 36.7 Å². The Morgan fingerprint density at radius 2 is 1.58 bits per heavy atom. The third kappa shape index (κ3) is 9.75. The maximum absolute atomic E-state index is 10.8. The van der Waals surface area contributed by atoms with Crippen molar-refractivity contribution in [2.45, 2.75) is 85.5 Å². The number of aliphatic carboxylic acids is 1. The van der Waals surface area contributed by atoms with Crippen LogP contribution in [0.3, 0.4) is 0 Å². The zero-order chi connectivity index (χ0) is 18.2. The van der Waals surface area contributed by atoms with Crippen LogP contribution in [0.4, 0.5) is 0 Å². The maximum atomic E-state index is 10.8. The Morgan fingerprint density at radius 1 is 0.958 bits per heavy atom. The Balaban J connectivity index is 0.00000123. The molecule has 1 aromatic rings. The van der Waals surface area contributed by atoms with Crippen LogP contribution in [0.5, 0.6) is 0 Å². The highest BCUT2D eigenvalue weighted by atomic mass is 16.4. The van der Waals surface area contributed by atoms with Crippen LogP contribution < -0.4 is 0 Å². The summed E-state index contributed by atoms with van der Waals surface area (Å²) < 4.78 is 0. The van der Waals surface area contributed by atoms with E-state index in [1.165, 1.54) is 50.5 Å². The normalized spacial score (nSPS) is 18.8. The van der Waals surface area contributed by atoms with Gasteiger partial charge in [0.25, 0.3) is 0 Å². The fourth-order valence-electron chi connectivity index (χ4n) is 3.54. The zero-order valence-electron chi connectivity index (χ0n) is 16.3. The van der Waals surface area contributed by atoms with E-state index in [2.05, 4.69) is 30.3 Å². The zero-order valence-corrected chi connectivity index (χ0v) is 16.3. The summed E-state index contributed by atoms with van der Waals surface area (Å²) in [6.45, 7) is 8.00. The van der Waals surface area contributed by atoms with E-state index in [-0.39, 0.29) is 0 Å². The highest BCUT2D eigenvalue weighted by Crippen LogP contribution is 2.37. The number of carboxylic acid groups (broad SMARTS) is 1. The van der Waals surface area contributed by atoms with Gasteiger partial charge in [-0.3, -0.25) is 4.79 Å². The number of carboxylic acids is 1. The molecule has 0 unspecified atom stereocenters. The quantitative estimate of drug-likeness (QED) is 0.535. The first-order chi connectivity index (χ1) is 11.8. The Kier molecular flexibility index (Phi) is 14.4. The lowest BCUT2D eigenvalue weighted by atomic mass is 9.88. The van der Waals surface area contributed by atoms with E-state index >= 15 is 0 Å². The van der Waals surface area contributed by atoms with Gasteiger partial charge in [-0.15, -0.1) is 0 Å². The molecule has 1 aliphatic carbocycles. The fraction of sp³-hybridized carbons (Fsp3) is 0.682. The molecule has 0 aromatic heterocycles. The van der Waals surface area contributed by atoms with Crippen molar-refractivity contribution in [2.75, 3.05) is 0 Å². The molecule has 24 heavy (non-hydrogen) atoms. The highest BCUT2D eigenvalue weighted by molar-refractivity contribution is 5.67. The fourth-order valence-corrected chi connectivity index (χ4v) is 3.54. The summed E-state index contributed by atoms with van der Waals surface area (Å²) >= 11 is 0. The molecule has 0 saturated heterocycles. The first kappa shape index (κ1) is 22.7. The van der Waals surface area contributed by atoms with Crippen LogP contribution in [-0.2, 0) is 11.2 Å². The van der Waals surface area contributed by atoms with Crippen LogP contribution >= 0.6 is 0 Å². The van der Waals surface area contributed by atoms with Gasteiger partial charge in [-0.1, -0.05) is 90.1 Å². The highest BCUT2D eigenvalue weighted by Gasteiger charge is 2.28. The molecule has 1 fully saturated rings. The first-order valence-corrected chi connectivity index (χ1v) is 10.0. The minimum absolute atomic E-state index is 0.384. The van der Waals surface area contributed by atoms with Gasteiger partial charge in [0.1, 0.15) is 0 Å². The molecule has 0 heterocycles. The SMILES string of the molecule is CC.CC.O=C(O)C[C@H]1CCC[C@@H]1CCCCCc1ccccc1. The van der Waals surface area contributed by atoms with Gasteiger partial charge in [0.05, 0.1) is 0 Å². The molecule has 1 aromatic carbocycles. The van der Waals surface area contributed by atoms with E-state index in [1.54, 1.807) is 0 Å². The smallest absolute Gasteiger partial charge is 0.303 e. The molecule has 138 valence electrons. The van der Waals surface area contributed by atoms with Crippen molar-refractivity contribution in [3.8, 4) is 0 Å². The number of unbranched alkanes of at least 4 members (excludes halogenated alkanes) is 2. The van der Waals surface area contributed by atoms with Crippen molar-refractivity contribution in [1.82, 2.24) is 0 Å². The second-order valence-corrected chi connectivity index (χ2v) is 6.13. The van der Waals surface area contributed by atoms with Gasteiger partial charge < -0.3 is 5.11 Å². The summed E-state index contributed by atoms with van der Waals surface area (Å²) in [4.78, 5) is 10.8. The summed E-state index contributed by atoms with van der Waals surface area (Å²) in [7, 11) is 0. The van der Waals surface area contributed by atoms with Crippen molar-refractivity contribution in [3.05, 3.63) is 35.9 Å². The Hall–Kier alpha value is -1.31. The molecule has 1 aliphatic rings. The van der Waals surface area contributed by atoms with E-state index in [9.17, 15) is 4.79 Å². The van der Waals surface area contributed by atoms with Gasteiger partial charge in [-0.2, -0.15) is 0 Å². The number of rotatable bonds is 8. The number of hydrogen-bond acceptors (Lipinski definition) is 1. The van der Waals surface area contributed by atoms with E-state index in [4.69, 9.17) is 5.11 Å². The molecule has 2 nitrogen and oxygen atoms in total. The van der Waals surface area contributed by atoms with Crippen molar-refractivity contribution < 1.29 is 9.90 Å². The van der Waals surface area contributed by atoms with Gasteiger partial charge in [0.15, 0.2) is 0 Å². The molecule has 1 N–H and O–H groups in total. The minimum atomic E-state index is -0.619. The third-order valence-electron chi connectivity index (χ3n) is 4.64. The van der Waals surface area contributed by atoms with Crippen LogP contribution in [0.1, 0.15) is 84.6 Å². The van der Waals surface area contributed by atoms with Crippen molar-refractivity contribution in [2.24, 2.45) is 11.8 Å². The standard InChI is InChI=1S/C18H26O2.2C2H6/c19-18(20)14-17-13-7-12-16(17)11-6-2-5-10-15-8-3-1-4-9-15;2*1-2/h1,3-4,8-9,16-17H,2,5-7,10-14H2,(H,19,20);2*1-2H3/t16-,17+;;/m0../s1. The second kappa shape index (κ2) is 15.2. The lowest BCUT2D eigenvalue weighted by molar-refractivity contribution is -0.138. The summed E-state index contributed by atoms with van der Waals surface area (Å²) in [5.74, 6) is 0.496. The predicted molar refractivity (Wildman–Crippen MR) is 104 cm³/mol. The van der Waals surface area contributed by atoms with Crippen LogP contribution in [0.2, 0.25) is 0 Å². The summed E-state index contributed by atoms with van der Waals surface area (Å²) in [5.41, 5.74) is 1.43. The summed E-state index contributed by atoms with van der Waals surface area (Å²) in [6, 6.07) is 10.7. The lowest BCUT2D eigenvalue weighted by Crippen LogP contribution is -2.12. The average molecular weight is 335 g/mol. The Labute approximate surface area is 149 Å².